The Labute approximate surface area is 103 Å². The second kappa shape index (κ2) is 4.36. The van der Waals surface area contributed by atoms with Crippen molar-refractivity contribution < 1.29 is 9.53 Å². The highest BCUT2D eigenvalue weighted by Gasteiger charge is 2.18. The summed E-state index contributed by atoms with van der Waals surface area (Å²) in [6.07, 6.45) is 2.28. The number of esters is 1. The molecule has 0 atom stereocenters. The lowest BCUT2D eigenvalue weighted by molar-refractivity contribution is -0.134. The molecular formula is C11H9Cl2NO2. The molecular weight excluding hydrogens is 249 g/mol. The number of cyclic esters (lactones) is 1. The Morgan fingerprint density at radius 2 is 2.00 bits per heavy atom. The van der Waals surface area contributed by atoms with E-state index in [1.165, 1.54) is 0 Å². The maximum absolute atomic E-state index is 11.3. The van der Waals surface area contributed by atoms with E-state index < -0.39 is 0 Å². The molecule has 1 saturated heterocycles. The Morgan fingerprint density at radius 3 is 2.62 bits per heavy atom. The first-order valence-corrected chi connectivity index (χ1v) is 5.46. The molecule has 1 fully saturated rings. The molecule has 2 N–H and O–H groups in total. The van der Waals surface area contributed by atoms with Gasteiger partial charge < -0.3 is 10.5 Å². The topological polar surface area (TPSA) is 52.3 Å². The van der Waals surface area contributed by atoms with Crippen LogP contribution in [-0.4, -0.2) is 12.6 Å². The second-order valence-electron chi connectivity index (χ2n) is 3.45. The van der Waals surface area contributed by atoms with Crippen molar-refractivity contribution in [3.63, 3.8) is 0 Å². The van der Waals surface area contributed by atoms with Crippen molar-refractivity contribution in [3.8, 4) is 0 Å². The van der Waals surface area contributed by atoms with Gasteiger partial charge in [-0.25, -0.2) is 4.79 Å². The van der Waals surface area contributed by atoms with Gasteiger partial charge in [-0.05, 0) is 23.8 Å². The third-order valence-corrected chi connectivity index (χ3v) is 3.04. The highest BCUT2D eigenvalue weighted by molar-refractivity contribution is 6.42. The predicted molar refractivity (Wildman–Crippen MR) is 64.4 cm³/mol. The minimum atomic E-state index is -0.300. The van der Waals surface area contributed by atoms with Crippen LogP contribution in [0.25, 0.3) is 6.08 Å². The Bertz CT molecular complexity index is 483. The maximum Gasteiger partial charge on any atom is 0.334 e. The number of hydrogen-bond acceptors (Lipinski definition) is 3. The highest BCUT2D eigenvalue weighted by atomic mass is 35.5. The average molecular weight is 258 g/mol. The number of anilines is 1. The fraction of sp³-hybridized carbons (Fsp3) is 0.182. The van der Waals surface area contributed by atoms with Crippen molar-refractivity contribution in [2.75, 3.05) is 12.3 Å². The molecule has 0 unspecified atom stereocenters. The van der Waals surface area contributed by atoms with E-state index in [2.05, 4.69) is 0 Å². The standard InChI is InChI=1S/C11H9Cl2NO2/c12-8-4-7(10(14)5-9(8)13)3-6-1-2-16-11(6)15/h3-5H,1-2,14H2/b6-3+. The van der Waals surface area contributed by atoms with Gasteiger partial charge in [0.25, 0.3) is 0 Å². The van der Waals surface area contributed by atoms with E-state index >= 15 is 0 Å². The van der Waals surface area contributed by atoms with Crippen molar-refractivity contribution in [1.29, 1.82) is 0 Å². The van der Waals surface area contributed by atoms with E-state index in [4.69, 9.17) is 33.7 Å². The number of carbonyl (C=O) groups excluding carboxylic acids is 1. The molecule has 1 aromatic carbocycles. The smallest absolute Gasteiger partial charge is 0.334 e. The molecule has 0 amide bonds. The van der Waals surface area contributed by atoms with Gasteiger partial charge in [0.1, 0.15) is 0 Å². The molecule has 1 heterocycles. The fourth-order valence-electron chi connectivity index (χ4n) is 1.47. The summed E-state index contributed by atoms with van der Waals surface area (Å²) in [4.78, 5) is 11.3. The lowest BCUT2D eigenvalue weighted by Crippen LogP contribution is -1.96. The van der Waals surface area contributed by atoms with Gasteiger partial charge in [-0.1, -0.05) is 23.2 Å². The zero-order chi connectivity index (χ0) is 11.7. The molecule has 1 aliphatic rings. The molecule has 84 valence electrons. The van der Waals surface area contributed by atoms with Crippen molar-refractivity contribution in [2.45, 2.75) is 6.42 Å². The van der Waals surface area contributed by atoms with E-state index in [0.717, 1.165) is 0 Å². The minimum Gasteiger partial charge on any atom is -0.462 e. The number of rotatable bonds is 1. The lowest BCUT2D eigenvalue weighted by Gasteiger charge is -2.03. The number of benzene rings is 1. The van der Waals surface area contributed by atoms with Crippen molar-refractivity contribution in [1.82, 2.24) is 0 Å². The average Bonchev–Trinajstić information content (AvgIpc) is 2.61. The molecule has 0 radical (unpaired) electrons. The van der Waals surface area contributed by atoms with Crippen LogP contribution in [0.1, 0.15) is 12.0 Å². The van der Waals surface area contributed by atoms with E-state index in [9.17, 15) is 4.79 Å². The van der Waals surface area contributed by atoms with Crippen LogP contribution in [0.5, 0.6) is 0 Å². The summed E-state index contributed by atoms with van der Waals surface area (Å²) in [5.74, 6) is -0.300. The van der Waals surface area contributed by atoms with Gasteiger partial charge >= 0.3 is 5.97 Å². The molecule has 5 heteroatoms. The van der Waals surface area contributed by atoms with Gasteiger partial charge in [0, 0.05) is 17.7 Å². The van der Waals surface area contributed by atoms with Crippen LogP contribution < -0.4 is 5.73 Å². The Kier molecular flexibility index (Phi) is 3.08. The SMILES string of the molecule is Nc1cc(Cl)c(Cl)cc1/C=C1\CCOC1=O. The Balaban J connectivity index is 2.41. The summed E-state index contributed by atoms with van der Waals surface area (Å²) in [5.41, 5.74) is 7.55. The molecule has 1 aliphatic heterocycles. The Morgan fingerprint density at radius 1 is 1.31 bits per heavy atom. The first kappa shape index (κ1) is 11.3. The van der Waals surface area contributed by atoms with Crippen LogP contribution >= 0.6 is 23.2 Å². The first-order chi connectivity index (χ1) is 7.58. The van der Waals surface area contributed by atoms with E-state index in [-0.39, 0.29) is 5.97 Å². The lowest BCUT2D eigenvalue weighted by atomic mass is 10.1. The third-order valence-electron chi connectivity index (χ3n) is 2.32. The molecule has 0 saturated carbocycles. The molecule has 16 heavy (non-hydrogen) atoms. The van der Waals surface area contributed by atoms with Gasteiger partial charge in [0.15, 0.2) is 0 Å². The van der Waals surface area contributed by atoms with Gasteiger partial charge in [0.2, 0.25) is 0 Å². The quantitative estimate of drug-likeness (QED) is 0.478. The number of carbonyl (C=O) groups is 1. The summed E-state index contributed by atoms with van der Waals surface area (Å²) in [5, 5.41) is 0.810. The van der Waals surface area contributed by atoms with Crippen LogP contribution in [-0.2, 0) is 9.53 Å². The number of nitrogen functional groups attached to an aromatic ring is 1. The number of nitrogens with two attached hydrogens (primary N) is 1. The van der Waals surface area contributed by atoms with Crippen LogP contribution in [0.3, 0.4) is 0 Å². The summed E-state index contributed by atoms with van der Waals surface area (Å²) in [6.45, 7) is 0.423. The van der Waals surface area contributed by atoms with Crippen molar-refractivity contribution in [2.24, 2.45) is 0 Å². The van der Waals surface area contributed by atoms with Crippen LogP contribution in [0.4, 0.5) is 5.69 Å². The monoisotopic (exact) mass is 257 g/mol. The van der Waals surface area contributed by atoms with Crippen LogP contribution in [0.15, 0.2) is 17.7 Å². The largest absolute Gasteiger partial charge is 0.462 e. The van der Waals surface area contributed by atoms with E-state index in [1.807, 2.05) is 0 Å². The normalized spacial score (nSPS) is 17.9. The van der Waals surface area contributed by atoms with Gasteiger partial charge in [-0.15, -0.1) is 0 Å². The number of halogens is 2. The van der Waals surface area contributed by atoms with Gasteiger partial charge in [-0.2, -0.15) is 0 Å². The fourth-order valence-corrected chi connectivity index (χ4v) is 1.81. The minimum absolute atomic E-state index is 0.300. The zero-order valence-corrected chi connectivity index (χ0v) is 9.81. The van der Waals surface area contributed by atoms with E-state index in [1.54, 1.807) is 18.2 Å². The van der Waals surface area contributed by atoms with Gasteiger partial charge in [-0.3, -0.25) is 0 Å². The summed E-state index contributed by atoms with van der Waals surface area (Å²) in [7, 11) is 0. The molecule has 0 spiro atoms. The first-order valence-electron chi connectivity index (χ1n) is 4.70. The zero-order valence-electron chi connectivity index (χ0n) is 8.30. The highest BCUT2D eigenvalue weighted by Crippen LogP contribution is 2.29. The summed E-state index contributed by atoms with van der Waals surface area (Å²) < 4.78 is 4.82. The van der Waals surface area contributed by atoms with E-state index in [0.29, 0.717) is 39.9 Å². The molecule has 3 nitrogen and oxygen atoms in total. The summed E-state index contributed by atoms with van der Waals surface area (Å²) in [6, 6.07) is 3.20. The molecule has 0 bridgehead atoms. The number of hydrogen-bond donors (Lipinski definition) is 1. The predicted octanol–water partition coefficient (Wildman–Crippen LogP) is 2.91. The van der Waals surface area contributed by atoms with Gasteiger partial charge in [0.05, 0.1) is 16.7 Å². The van der Waals surface area contributed by atoms with Crippen molar-refractivity contribution in [3.05, 3.63) is 33.3 Å². The van der Waals surface area contributed by atoms with Crippen LogP contribution in [0.2, 0.25) is 10.0 Å². The number of ether oxygens (including phenoxy) is 1. The second-order valence-corrected chi connectivity index (χ2v) is 4.27. The van der Waals surface area contributed by atoms with Crippen LogP contribution in [0, 0.1) is 0 Å². The molecule has 0 aromatic heterocycles. The molecule has 1 aromatic rings. The van der Waals surface area contributed by atoms with Crippen molar-refractivity contribution >= 4 is 40.9 Å². The Hall–Kier alpha value is -1.19. The molecule has 0 aliphatic carbocycles. The maximum atomic E-state index is 11.3. The molecule has 2 rings (SSSR count). The summed E-state index contributed by atoms with van der Waals surface area (Å²) >= 11 is 11.7. The third kappa shape index (κ3) is 2.15.